The van der Waals surface area contributed by atoms with Crippen LogP contribution in [0, 0.1) is 10.1 Å². The van der Waals surface area contributed by atoms with Crippen molar-refractivity contribution >= 4 is 43.2 Å². The van der Waals surface area contributed by atoms with Gasteiger partial charge in [0.1, 0.15) is 6.61 Å². The second-order valence-corrected chi connectivity index (χ2v) is 7.95. The molecule has 1 N–H and O–H groups in total. The molecular formula is C21H18Br2N2O4. The van der Waals surface area contributed by atoms with E-state index in [4.69, 9.17) is 9.47 Å². The zero-order valence-electron chi connectivity index (χ0n) is 15.5. The summed E-state index contributed by atoms with van der Waals surface area (Å²) in [6.07, 6.45) is 0. The van der Waals surface area contributed by atoms with Crippen LogP contribution in [0.15, 0.2) is 69.6 Å². The van der Waals surface area contributed by atoms with E-state index < -0.39 is 4.92 Å². The van der Waals surface area contributed by atoms with Crippen LogP contribution in [0.4, 0.5) is 11.4 Å². The van der Waals surface area contributed by atoms with Crippen LogP contribution in [-0.2, 0) is 13.2 Å². The van der Waals surface area contributed by atoms with Crippen LogP contribution in [0.1, 0.15) is 11.1 Å². The SMILES string of the molecule is COc1cc(CNc2ccc(Br)cc2)cc(Br)c1OCc1ccc([N+](=O)[O-])cc1. The number of ether oxygens (including phenoxy) is 2. The molecule has 0 radical (unpaired) electrons. The van der Waals surface area contributed by atoms with Crippen molar-refractivity contribution in [2.75, 3.05) is 12.4 Å². The molecule has 6 nitrogen and oxygen atoms in total. The molecule has 0 aliphatic rings. The minimum absolute atomic E-state index is 0.0511. The number of non-ortho nitro benzene ring substituents is 1. The Hall–Kier alpha value is -2.58. The molecule has 3 rings (SSSR count). The molecule has 3 aromatic rings. The maximum atomic E-state index is 10.8. The number of methoxy groups -OCH3 is 1. The third-order valence-corrected chi connectivity index (χ3v) is 5.28. The average molecular weight is 522 g/mol. The molecule has 0 spiro atoms. The van der Waals surface area contributed by atoms with Crippen molar-refractivity contribution in [2.45, 2.75) is 13.2 Å². The van der Waals surface area contributed by atoms with Gasteiger partial charge in [-0.05, 0) is 75.6 Å². The third kappa shape index (κ3) is 5.71. The highest BCUT2D eigenvalue weighted by molar-refractivity contribution is 9.10. The van der Waals surface area contributed by atoms with Crippen LogP contribution in [0.2, 0.25) is 0 Å². The topological polar surface area (TPSA) is 73.6 Å². The highest BCUT2D eigenvalue weighted by Gasteiger charge is 2.13. The van der Waals surface area contributed by atoms with Crippen molar-refractivity contribution in [1.82, 2.24) is 0 Å². The quantitative estimate of drug-likeness (QED) is 0.277. The summed E-state index contributed by atoms with van der Waals surface area (Å²) in [7, 11) is 1.59. The maximum Gasteiger partial charge on any atom is 0.269 e. The first-order valence-corrected chi connectivity index (χ1v) is 10.3. The third-order valence-electron chi connectivity index (χ3n) is 4.16. The van der Waals surface area contributed by atoms with Gasteiger partial charge in [0.15, 0.2) is 11.5 Å². The van der Waals surface area contributed by atoms with Crippen molar-refractivity contribution in [3.63, 3.8) is 0 Å². The largest absolute Gasteiger partial charge is 0.493 e. The van der Waals surface area contributed by atoms with Crippen LogP contribution < -0.4 is 14.8 Å². The van der Waals surface area contributed by atoms with E-state index in [0.717, 1.165) is 25.8 Å². The van der Waals surface area contributed by atoms with Crippen LogP contribution in [0.5, 0.6) is 11.5 Å². The predicted molar refractivity (Wildman–Crippen MR) is 120 cm³/mol. The van der Waals surface area contributed by atoms with Crippen LogP contribution in [0.25, 0.3) is 0 Å². The van der Waals surface area contributed by atoms with Gasteiger partial charge < -0.3 is 14.8 Å². The molecule has 0 bridgehead atoms. The fraction of sp³-hybridized carbons (Fsp3) is 0.143. The summed E-state index contributed by atoms with van der Waals surface area (Å²) in [5.41, 5.74) is 2.92. The molecule has 0 fully saturated rings. The monoisotopic (exact) mass is 520 g/mol. The van der Waals surface area contributed by atoms with Crippen LogP contribution in [0.3, 0.4) is 0 Å². The molecule has 0 aromatic heterocycles. The van der Waals surface area contributed by atoms with Gasteiger partial charge in [-0.3, -0.25) is 10.1 Å². The second kappa shape index (κ2) is 9.76. The number of benzene rings is 3. The summed E-state index contributed by atoms with van der Waals surface area (Å²) in [5.74, 6) is 1.19. The standard InChI is InChI=1S/C21H18Br2N2O4/c1-28-20-11-15(12-24-17-6-4-16(22)5-7-17)10-19(23)21(20)29-13-14-2-8-18(9-3-14)25(26)27/h2-11,24H,12-13H2,1H3. The molecule has 0 aliphatic carbocycles. The Kier molecular flexibility index (Phi) is 7.11. The number of nitro benzene ring substituents is 1. The molecule has 150 valence electrons. The number of nitrogens with zero attached hydrogens (tertiary/aromatic N) is 1. The Balaban J connectivity index is 1.69. The number of anilines is 1. The van der Waals surface area contributed by atoms with E-state index in [1.54, 1.807) is 19.2 Å². The summed E-state index contributed by atoms with van der Waals surface area (Å²) in [6, 6.07) is 18.1. The highest BCUT2D eigenvalue weighted by atomic mass is 79.9. The fourth-order valence-electron chi connectivity index (χ4n) is 2.66. The van der Waals surface area contributed by atoms with Crippen LogP contribution >= 0.6 is 31.9 Å². The van der Waals surface area contributed by atoms with Crippen LogP contribution in [-0.4, -0.2) is 12.0 Å². The first kappa shape index (κ1) is 21.1. The number of rotatable bonds is 8. The lowest BCUT2D eigenvalue weighted by molar-refractivity contribution is -0.384. The van der Waals surface area contributed by atoms with Crippen molar-refractivity contribution in [2.24, 2.45) is 0 Å². The summed E-state index contributed by atoms with van der Waals surface area (Å²) in [4.78, 5) is 10.3. The van der Waals surface area contributed by atoms with E-state index in [-0.39, 0.29) is 12.3 Å². The second-order valence-electron chi connectivity index (χ2n) is 6.18. The number of nitrogens with one attached hydrogen (secondary N) is 1. The summed E-state index contributed by atoms with van der Waals surface area (Å²) < 4.78 is 13.2. The smallest absolute Gasteiger partial charge is 0.269 e. The molecule has 0 atom stereocenters. The average Bonchev–Trinajstić information content (AvgIpc) is 2.72. The Morgan fingerprint density at radius 1 is 1.00 bits per heavy atom. The van der Waals surface area contributed by atoms with Gasteiger partial charge in [0.25, 0.3) is 5.69 Å². The van der Waals surface area contributed by atoms with Crippen molar-refractivity contribution in [1.29, 1.82) is 0 Å². The first-order valence-electron chi connectivity index (χ1n) is 8.68. The Bertz CT molecular complexity index is 993. The lowest BCUT2D eigenvalue weighted by Gasteiger charge is -2.15. The molecule has 0 saturated heterocycles. The van der Waals surface area contributed by atoms with E-state index >= 15 is 0 Å². The van der Waals surface area contributed by atoms with Crippen molar-refractivity contribution in [3.05, 3.63) is 90.9 Å². The molecule has 0 saturated carbocycles. The lowest BCUT2D eigenvalue weighted by Crippen LogP contribution is -2.03. The predicted octanol–water partition coefficient (Wildman–Crippen LogP) is 6.32. The van der Waals surface area contributed by atoms with Crippen molar-refractivity contribution in [3.8, 4) is 11.5 Å². The van der Waals surface area contributed by atoms with Gasteiger partial charge in [-0.25, -0.2) is 0 Å². The molecular weight excluding hydrogens is 504 g/mol. The van der Waals surface area contributed by atoms with Gasteiger partial charge in [-0.2, -0.15) is 0 Å². The van der Waals surface area contributed by atoms with Gasteiger partial charge in [0.05, 0.1) is 16.5 Å². The van der Waals surface area contributed by atoms with E-state index in [2.05, 4.69) is 37.2 Å². The number of nitro groups is 1. The van der Waals surface area contributed by atoms with Gasteiger partial charge >= 0.3 is 0 Å². The lowest BCUT2D eigenvalue weighted by atomic mass is 10.2. The Morgan fingerprint density at radius 3 is 2.31 bits per heavy atom. The number of hydrogen-bond acceptors (Lipinski definition) is 5. The van der Waals surface area contributed by atoms with E-state index in [1.165, 1.54) is 12.1 Å². The molecule has 0 amide bonds. The number of halogens is 2. The number of hydrogen-bond donors (Lipinski definition) is 1. The van der Waals surface area contributed by atoms with Gasteiger partial charge in [0.2, 0.25) is 0 Å². The zero-order chi connectivity index (χ0) is 20.8. The maximum absolute atomic E-state index is 10.8. The molecule has 0 unspecified atom stereocenters. The molecule has 8 heteroatoms. The summed E-state index contributed by atoms with van der Waals surface area (Å²) in [6.45, 7) is 0.892. The summed E-state index contributed by atoms with van der Waals surface area (Å²) >= 11 is 6.98. The van der Waals surface area contributed by atoms with Crippen molar-refractivity contribution < 1.29 is 14.4 Å². The molecule has 3 aromatic carbocycles. The first-order chi connectivity index (χ1) is 14.0. The molecule has 0 aliphatic heterocycles. The van der Waals surface area contributed by atoms with Gasteiger partial charge in [-0.15, -0.1) is 0 Å². The minimum Gasteiger partial charge on any atom is -0.493 e. The molecule has 0 heterocycles. The van der Waals surface area contributed by atoms with Gasteiger partial charge in [0, 0.05) is 28.8 Å². The Morgan fingerprint density at radius 2 is 1.69 bits per heavy atom. The zero-order valence-corrected chi connectivity index (χ0v) is 18.7. The fourth-order valence-corrected chi connectivity index (χ4v) is 3.52. The van der Waals surface area contributed by atoms with E-state index in [0.29, 0.717) is 18.0 Å². The van der Waals surface area contributed by atoms with Gasteiger partial charge in [-0.1, -0.05) is 15.9 Å². The van der Waals surface area contributed by atoms with E-state index in [1.807, 2.05) is 36.4 Å². The summed E-state index contributed by atoms with van der Waals surface area (Å²) in [5, 5.41) is 14.1. The minimum atomic E-state index is -0.425. The normalized spacial score (nSPS) is 10.4. The molecule has 29 heavy (non-hydrogen) atoms. The highest BCUT2D eigenvalue weighted by Crippen LogP contribution is 2.37. The Labute approximate surface area is 185 Å². The van der Waals surface area contributed by atoms with E-state index in [9.17, 15) is 10.1 Å².